The molecule has 1 aromatic carbocycles. The lowest BCUT2D eigenvalue weighted by molar-refractivity contribution is 0.140. The van der Waals surface area contributed by atoms with Gasteiger partial charge in [0.25, 0.3) is 5.56 Å². The minimum Gasteiger partial charge on any atom is -0.489 e. The average molecular weight is 512 g/mol. The summed E-state index contributed by atoms with van der Waals surface area (Å²) < 4.78 is 39.7. The van der Waals surface area contributed by atoms with Gasteiger partial charge in [0.15, 0.2) is 5.82 Å². The van der Waals surface area contributed by atoms with Crippen molar-refractivity contribution in [3.63, 3.8) is 0 Å². The van der Waals surface area contributed by atoms with Crippen molar-refractivity contribution in [2.24, 2.45) is 0 Å². The van der Waals surface area contributed by atoms with Crippen LogP contribution in [-0.2, 0) is 6.61 Å². The Balaban J connectivity index is 1.52. The number of benzene rings is 1. The zero-order valence-corrected chi connectivity index (χ0v) is 20.0. The lowest BCUT2D eigenvalue weighted by atomic mass is 10.0. The zero-order valence-electron chi connectivity index (χ0n) is 19.3. The van der Waals surface area contributed by atoms with Gasteiger partial charge in [-0.15, -0.1) is 0 Å². The number of nitrogens with zero attached hydrogens (tertiary/aromatic N) is 3. The molecule has 0 saturated carbocycles. The highest BCUT2D eigenvalue weighted by atomic mass is 35.5. The molecule has 4 aromatic rings. The summed E-state index contributed by atoms with van der Waals surface area (Å²) in [5, 5.41) is 9.94. The first-order chi connectivity index (χ1) is 17.2. The summed E-state index contributed by atoms with van der Waals surface area (Å²) in [4.78, 5) is 21.5. The van der Waals surface area contributed by atoms with Crippen molar-refractivity contribution >= 4 is 11.6 Å². The Hall–Kier alpha value is -3.82. The Morgan fingerprint density at radius 1 is 1.19 bits per heavy atom. The van der Waals surface area contributed by atoms with Gasteiger partial charge in [0.1, 0.15) is 47.4 Å². The molecule has 1 aliphatic heterocycles. The highest BCUT2D eigenvalue weighted by Gasteiger charge is 2.26. The summed E-state index contributed by atoms with van der Waals surface area (Å²) in [5.41, 5.74) is 3.06. The van der Waals surface area contributed by atoms with Gasteiger partial charge in [0.05, 0.1) is 17.6 Å². The smallest absolute Gasteiger partial charge is 0.277 e. The third-order valence-electron chi connectivity index (χ3n) is 5.93. The summed E-state index contributed by atoms with van der Waals surface area (Å²) in [5.74, 6) is -1.06. The molecule has 0 fully saturated rings. The van der Waals surface area contributed by atoms with E-state index < -0.39 is 23.3 Å². The van der Waals surface area contributed by atoms with E-state index in [0.717, 1.165) is 11.8 Å². The number of pyridine rings is 3. The van der Waals surface area contributed by atoms with Crippen LogP contribution in [0.3, 0.4) is 0 Å². The molecule has 0 radical (unpaired) electrons. The van der Waals surface area contributed by atoms with Gasteiger partial charge in [-0.2, -0.15) is 0 Å². The molecule has 4 heterocycles. The molecule has 0 unspecified atom stereocenters. The van der Waals surface area contributed by atoms with Crippen LogP contribution in [0.4, 0.5) is 8.78 Å². The molecule has 0 saturated heterocycles. The number of rotatable bonds is 5. The molecule has 7 nitrogen and oxygen atoms in total. The molecule has 1 aliphatic rings. The van der Waals surface area contributed by atoms with Crippen molar-refractivity contribution in [1.29, 1.82) is 0 Å². The van der Waals surface area contributed by atoms with Gasteiger partial charge in [-0.25, -0.2) is 8.78 Å². The predicted octanol–water partition coefficient (Wildman–Crippen LogP) is 4.85. The fraction of sp³-hybridized carbons (Fsp3) is 0.192. The largest absolute Gasteiger partial charge is 0.489 e. The molecule has 5 rings (SSSR count). The van der Waals surface area contributed by atoms with E-state index in [2.05, 4.69) is 9.97 Å². The van der Waals surface area contributed by atoms with Crippen LogP contribution in [0.25, 0.3) is 16.9 Å². The number of hydrogen-bond donors (Lipinski definition) is 1. The molecule has 0 spiro atoms. The Morgan fingerprint density at radius 2 is 2.00 bits per heavy atom. The number of ether oxygens (including phenoxy) is 2. The molecule has 3 aromatic heterocycles. The Kier molecular flexibility index (Phi) is 6.19. The van der Waals surface area contributed by atoms with Gasteiger partial charge in [0.2, 0.25) is 0 Å². The summed E-state index contributed by atoms with van der Waals surface area (Å²) in [6, 6.07) is 9.46. The maximum absolute atomic E-state index is 13.9. The molecule has 0 amide bonds. The van der Waals surface area contributed by atoms with Gasteiger partial charge in [-0.3, -0.25) is 19.3 Å². The molecule has 1 atom stereocenters. The normalized spacial score (nSPS) is 14.4. The molecule has 10 heteroatoms. The number of para-hydroxylation sites is 1. The summed E-state index contributed by atoms with van der Waals surface area (Å²) in [7, 11) is 0. The van der Waals surface area contributed by atoms with Crippen molar-refractivity contribution in [3.05, 3.63) is 98.3 Å². The summed E-state index contributed by atoms with van der Waals surface area (Å²) >= 11 is 6.36. The topological polar surface area (TPSA) is 86.5 Å². The maximum Gasteiger partial charge on any atom is 0.277 e. The molecular weight excluding hydrogens is 492 g/mol. The number of halogens is 3. The van der Waals surface area contributed by atoms with Gasteiger partial charge in [-0.05, 0) is 31.5 Å². The summed E-state index contributed by atoms with van der Waals surface area (Å²) in [6.45, 7) is 3.35. The molecule has 184 valence electrons. The second-order valence-electron chi connectivity index (χ2n) is 8.38. The van der Waals surface area contributed by atoms with Crippen molar-refractivity contribution in [2.75, 3.05) is 6.61 Å². The number of aryl methyl sites for hydroxylation is 2. The first-order valence-corrected chi connectivity index (χ1v) is 11.4. The van der Waals surface area contributed by atoms with Gasteiger partial charge < -0.3 is 14.6 Å². The lowest BCUT2D eigenvalue weighted by Gasteiger charge is -2.17. The fourth-order valence-corrected chi connectivity index (χ4v) is 4.31. The van der Waals surface area contributed by atoms with Crippen molar-refractivity contribution in [3.8, 4) is 28.4 Å². The number of aliphatic hydroxyl groups is 1. The maximum atomic E-state index is 13.9. The number of aliphatic hydroxyl groups excluding tert-OH is 1. The van der Waals surface area contributed by atoms with Crippen LogP contribution < -0.4 is 15.0 Å². The van der Waals surface area contributed by atoms with E-state index in [1.807, 2.05) is 19.1 Å². The van der Waals surface area contributed by atoms with Crippen LogP contribution in [0.5, 0.6) is 11.5 Å². The van der Waals surface area contributed by atoms with E-state index in [1.165, 1.54) is 4.57 Å². The SMILES string of the molecule is Cc1cnc(-c2cccc3c2OC[C@@H]3O)cc1-n1c(C)cc(OCc2ncc(F)cc2F)c(Cl)c1=O. The van der Waals surface area contributed by atoms with E-state index >= 15 is 0 Å². The lowest BCUT2D eigenvalue weighted by Crippen LogP contribution is -2.23. The van der Waals surface area contributed by atoms with Crippen LogP contribution in [0.2, 0.25) is 5.02 Å². The first-order valence-electron chi connectivity index (χ1n) is 11.0. The average Bonchev–Trinajstić information content (AvgIpc) is 3.23. The fourth-order valence-electron chi connectivity index (χ4n) is 4.11. The van der Waals surface area contributed by atoms with E-state index in [9.17, 15) is 18.7 Å². The molecule has 1 N–H and O–H groups in total. The van der Waals surface area contributed by atoms with Gasteiger partial charge >= 0.3 is 0 Å². The number of hydrogen-bond acceptors (Lipinski definition) is 6. The third-order valence-corrected chi connectivity index (χ3v) is 6.28. The van der Waals surface area contributed by atoms with E-state index in [1.54, 1.807) is 31.3 Å². The van der Waals surface area contributed by atoms with Crippen LogP contribution in [0.15, 0.2) is 53.6 Å². The third kappa shape index (κ3) is 4.20. The van der Waals surface area contributed by atoms with E-state index in [0.29, 0.717) is 40.0 Å². The van der Waals surface area contributed by atoms with Crippen LogP contribution in [-0.4, -0.2) is 26.2 Å². The minimum atomic E-state index is -0.861. The first kappa shape index (κ1) is 23.9. The van der Waals surface area contributed by atoms with Crippen molar-refractivity contribution in [2.45, 2.75) is 26.6 Å². The highest BCUT2D eigenvalue weighted by Crippen LogP contribution is 2.40. The number of fused-ring (bicyclic) bond motifs is 1. The van der Waals surface area contributed by atoms with Gasteiger partial charge in [0, 0.05) is 35.2 Å². The second kappa shape index (κ2) is 9.33. The minimum absolute atomic E-state index is 0.0520. The van der Waals surface area contributed by atoms with Crippen molar-refractivity contribution < 1.29 is 23.4 Å². The standard InChI is InChI=1S/C26H20ClF2N3O4/c1-13-9-30-19(16-4-3-5-17-22(33)12-36-25(16)17)8-21(13)32-14(2)6-23(24(27)26(32)34)35-11-20-18(29)7-15(28)10-31-20/h3-10,22,33H,11-12H2,1-2H3/t22-/m0/s1. The Bertz CT molecular complexity index is 1560. The van der Waals surface area contributed by atoms with E-state index in [4.69, 9.17) is 21.1 Å². The molecule has 0 aliphatic carbocycles. The predicted molar refractivity (Wildman–Crippen MR) is 129 cm³/mol. The highest BCUT2D eigenvalue weighted by molar-refractivity contribution is 6.31. The Morgan fingerprint density at radius 3 is 2.78 bits per heavy atom. The van der Waals surface area contributed by atoms with Gasteiger partial charge in [-0.1, -0.05) is 23.7 Å². The van der Waals surface area contributed by atoms with Crippen molar-refractivity contribution in [1.82, 2.24) is 14.5 Å². The quantitative estimate of drug-likeness (QED) is 0.412. The number of aromatic nitrogens is 3. The van der Waals surface area contributed by atoms with Crippen LogP contribution >= 0.6 is 11.6 Å². The Labute approximate surface area is 209 Å². The molecular formula is C26H20ClF2N3O4. The van der Waals surface area contributed by atoms with E-state index in [-0.39, 0.29) is 29.7 Å². The second-order valence-corrected chi connectivity index (χ2v) is 8.76. The van der Waals surface area contributed by atoms with Crippen LogP contribution in [0, 0.1) is 25.5 Å². The summed E-state index contributed by atoms with van der Waals surface area (Å²) in [6.07, 6.45) is 1.81. The zero-order chi connectivity index (χ0) is 25.6. The molecule has 36 heavy (non-hydrogen) atoms. The van der Waals surface area contributed by atoms with Crippen LogP contribution in [0.1, 0.15) is 28.6 Å². The monoisotopic (exact) mass is 511 g/mol. The molecule has 0 bridgehead atoms.